The van der Waals surface area contributed by atoms with E-state index in [4.69, 9.17) is 4.43 Å². The molecule has 0 atom stereocenters. The number of halogens is 2. The first-order chi connectivity index (χ1) is 8.42. The second-order valence-corrected chi connectivity index (χ2v) is 15.5. The van der Waals surface area contributed by atoms with Gasteiger partial charge in [-0.2, -0.15) is 0 Å². The summed E-state index contributed by atoms with van der Waals surface area (Å²) in [7, 11) is -1.83. The van der Waals surface area contributed by atoms with Crippen molar-refractivity contribution in [1.29, 1.82) is 0 Å². The molecule has 0 aromatic heterocycles. The third-order valence-electron chi connectivity index (χ3n) is 2.79. The molecule has 0 heterocycles. The summed E-state index contributed by atoms with van der Waals surface area (Å²) < 4.78 is 10.9. The summed E-state index contributed by atoms with van der Waals surface area (Å²) >= 11 is -0.726. The maximum Gasteiger partial charge on any atom is -1.00 e. The summed E-state index contributed by atoms with van der Waals surface area (Å²) in [6, 6.07) is 0. The van der Waals surface area contributed by atoms with Crippen LogP contribution in [0.4, 0.5) is 0 Å². The molecule has 0 aromatic carbocycles. The van der Waals surface area contributed by atoms with Gasteiger partial charge in [0.15, 0.2) is 0 Å². The molecule has 0 N–H and O–H groups in total. The van der Waals surface area contributed by atoms with Gasteiger partial charge in [0.2, 0.25) is 0 Å². The van der Waals surface area contributed by atoms with Crippen LogP contribution < -0.4 is 24.8 Å². The minimum Gasteiger partial charge on any atom is -1.00 e. The molecule has 0 aromatic rings. The first-order valence-corrected chi connectivity index (χ1v) is 12.2. The van der Waals surface area contributed by atoms with E-state index >= 15 is 0 Å². The van der Waals surface area contributed by atoms with Gasteiger partial charge in [0.05, 0.1) is 0 Å². The zero-order chi connectivity index (χ0) is 14.9. The van der Waals surface area contributed by atoms with Crippen molar-refractivity contribution in [2.45, 2.75) is 72.2 Å². The zero-order valence-electron chi connectivity index (χ0n) is 14.6. The quantitative estimate of drug-likeness (QED) is 0.502. The fourth-order valence-corrected chi connectivity index (χ4v) is 11.7. The van der Waals surface area contributed by atoms with Gasteiger partial charge in [0.25, 0.3) is 0 Å². The Morgan fingerprint density at radius 1 is 1.10 bits per heavy atom. The third kappa shape index (κ3) is 8.48. The predicted octanol–water partition coefficient (Wildman–Crippen LogP) is -1.55. The number of allylic oxidation sites excluding steroid dienone is 4. The van der Waals surface area contributed by atoms with E-state index in [1.165, 1.54) is 6.42 Å². The van der Waals surface area contributed by atoms with Gasteiger partial charge >= 0.3 is 133 Å². The van der Waals surface area contributed by atoms with Crippen LogP contribution in [-0.2, 0) is 28.0 Å². The van der Waals surface area contributed by atoms with Crippen molar-refractivity contribution in [3.05, 3.63) is 21.5 Å². The summed E-state index contributed by atoms with van der Waals surface area (Å²) in [5.74, 6) is 0. The van der Waals surface area contributed by atoms with Crippen LogP contribution in [0.25, 0.3) is 0 Å². The summed E-state index contributed by atoms with van der Waals surface area (Å²) in [5.41, 5.74) is 0.150. The third-order valence-corrected chi connectivity index (χ3v) is 14.1. The van der Waals surface area contributed by atoms with Gasteiger partial charge in [-0.05, 0) is 0 Å². The van der Waals surface area contributed by atoms with Crippen molar-refractivity contribution < 1.29 is 52.8 Å². The van der Waals surface area contributed by atoms with Gasteiger partial charge in [0.1, 0.15) is 0 Å². The molecular formula is C15H29Cl2NOSiZr. The minimum absolute atomic E-state index is 0. The Bertz CT molecular complexity index is 384. The molecule has 0 fully saturated rings. The molecule has 1 rings (SSSR count). The van der Waals surface area contributed by atoms with Crippen LogP contribution in [-0.4, -0.2) is 22.1 Å². The first kappa shape index (κ1) is 24.3. The molecule has 0 spiro atoms. The molecule has 21 heavy (non-hydrogen) atoms. The van der Waals surface area contributed by atoms with Crippen LogP contribution in [0.1, 0.15) is 48.0 Å². The molecular weight excluding hydrogens is 400 g/mol. The second kappa shape index (κ2) is 8.80. The zero-order valence-corrected chi connectivity index (χ0v) is 19.5. The molecule has 0 bridgehead atoms. The van der Waals surface area contributed by atoms with Gasteiger partial charge in [-0.25, -0.2) is 0 Å². The Hall–Kier alpha value is 1.08. The van der Waals surface area contributed by atoms with Crippen LogP contribution >= 0.6 is 0 Å². The van der Waals surface area contributed by atoms with E-state index in [0.29, 0.717) is 0 Å². The topological polar surface area (TPSA) is 12.5 Å². The van der Waals surface area contributed by atoms with Crippen LogP contribution in [0.2, 0.25) is 13.1 Å². The van der Waals surface area contributed by atoms with Gasteiger partial charge in [-0.15, -0.1) is 0 Å². The first-order valence-electron chi connectivity index (χ1n) is 7.05. The minimum atomic E-state index is -1.83. The van der Waals surface area contributed by atoms with E-state index in [2.05, 4.69) is 75.4 Å². The van der Waals surface area contributed by atoms with E-state index in [9.17, 15) is 0 Å². The molecule has 0 radical (unpaired) electrons. The van der Waals surface area contributed by atoms with Crippen LogP contribution in [0, 0.1) is 0 Å². The van der Waals surface area contributed by atoms with Crippen molar-refractivity contribution in [3.63, 3.8) is 0 Å². The summed E-state index contributed by atoms with van der Waals surface area (Å²) in [6.45, 7) is 18.2. The molecule has 0 saturated carbocycles. The SMILES string of the molecule is CC(C)(C)O[Si](C)(C)[N]([Zr+2][C]1=CC=CC1)C(C)(C)C.[Cl-].[Cl-]. The second-order valence-electron chi connectivity index (χ2n) is 7.60. The van der Waals surface area contributed by atoms with Crippen LogP contribution in [0.15, 0.2) is 21.5 Å². The average Bonchev–Trinajstić information content (AvgIpc) is 2.59. The van der Waals surface area contributed by atoms with Crippen molar-refractivity contribution in [1.82, 2.24) is 2.51 Å². The Morgan fingerprint density at radius 2 is 1.62 bits per heavy atom. The molecule has 0 amide bonds. The standard InChI is InChI=1S/C10H24NOSi.C5H5.2ClH.Zr/c1-9(2,3)11-13(7,8)12-10(4,5)6;1-2-4-5-3-1;;;/h1-8H3;1-3H,4H2;2*1H;/q-1;;;;+3/p-2. The van der Waals surface area contributed by atoms with E-state index in [1.54, 1.807) is 3.28 Å². The fraction of sp³-hybridized carbons (Fsp3) is 0.733. The average molecular weight is 430 g/mol. The molecule has 0 saturated heterocycles. The molecule has 0 unspecified atom stereocenters. The van der Waals surface area contributed by atoms with Crippen LogP contribution in [0.5, 0.6) is 0 Å². The molecule has 6 heteroatoms. The van der Waals surface area contributed by atoms with Gasteiger partial charge in [-0.3, -0.25) is 0 Å². The number of nitrogens with zero attached hydrogens (tertiary/aromatic N) is 1. The van der Waals surface area contributed by atoms with E-state index in [0.717, 1.165) is 0 Å². The Balaban J connectivity index is 0. The van der Waals surface area contributed by atoms with Crippen molar-refractivity contribution in [2.24, 2.45) is 0 Å². The number of rotatable bonds is 4. The van der Waals surface area contributed by atoms with E-state index in [-0.39, 0.29) is 36.0 Å². The smallest absolute Gasteiger partial charge is 1.00 e. The maximum atomic E-state index is 6.48. The predicted molar refractivity (Wildman–Crippen MR) is 81.8 cm³/mol. The Kier molecular flexibility index (Phi) is 10.2. The Labute approximate surface area is 156 Å². The summed E-state index contributed by atoms with van der Waals surface area (Å²) in [6.07, 6.45) is 7.97. The molecule has 2 nitrogen and oxygen atoms in total. The van der Waals surface area contributed by atoms with E-state index in [1.807, 2.05) is 0 Å². The number of hydrogen-bond acceptors (Lipinski definition) is 2. The monoisotopic (exact) mass is 427 g/mol. The van der Waals surface area contributed by atoms with Crippen LogP contribution in [0.3, 0.4) is 0 Å². The maximum absolute atomic E-state index is 6.48. The summed E-state index contributed by atoms with van der Waals surface area (Å²) in [4.78, 5) is 0. The summed E-state index contributed by atoms with van der Waals surface area (Å²) in [5, 5.41) is 0. The molecule has 1 aliphatic rings. The van der Waals surface area contributed by atoms with Gasteiger partial charge in [-0.1, -0.05) is 0 Å². The van der Waals surface area contributed by atoms with E-state index < -0.39 is 32.0 Å². The van der Waals surface area contributed by atoms with Gasteiger partial charge < -0.3 is 24.8 Å². The van der Waals surface area contributed by atoms with Crippen molar-refractivity contribution in [3.8, 4) is 0 Å². The normalized spacial score (nSPS) is 15.2. The van der Waals surface area contributed by atoms with Crippen molar-refractivity contribution >= 4 is 8.48 Å². The van der Waals surface area contributed by atoms with Crippen molar-refractivity contribution in [2.75, 3.05) is 0 Å². The molecule has 1 aliphatic carbocycles. The fourth-order valence-electron chi connectivity index (χ4n) is 2.58. The van der Waals surface area contributed by atoms with Gasteiger partial charge in [0, 0.05) is 0 Å². The number of hydrogen-bond donors (Lipinski definition) is 0. The molecule has 0 aliphatic heterocycles. The molecule has 122 valence electrons. The largest absolute Gasteiger partial charge is 1.00 e. The Morgan fingerprint density at radius 3 is 1.95 bits per heavy atom.